The number of carbonyl (C=O) groups excluding carboxylic acids is 2. The van der Waals surface area contributed by atoms with Gasteiger partial charge in [-0.05, 0) is 52.8 Å². The molecule has 1 aliphatic heterocycles. The number of halogens is 1. The highest BCUT2D eigenvalue weighted by molar-refractivity contribution is 6.33. The molecule has 21 heavy (non-hydrogen) atoms. The number of hydrogen-bond donors (Lipinski definition) is 0. The van der Waals surface area contributed by atoms with Crippen LogP contribution in [0.15, 0.2) is 18.2 Å². The molecule has 0 saturated heterocycles. The Morgan fingerprint density at radius 3 is 2.43 bits per heavy atom. The van der Waals surface area contributed by atoms with E-state index in [1.165, 1.54) is 0 Å². The average molecular weight is 310 g/mol. The normalized spacial score (nSPS) is 18.2. The number of alkyl halides is 1. The number of fused-ring (bicyclic) bond motifs is 1. The lowest BCUT2D eigenvalue weighted by Crippen LogP contribution is -2.54. The molecule has 1 aromatic carbocycles. The van der Waals surface area contributed by atoms with Crippen molar-refractivity contribution in [2.45, 2.75) is 51.6 Å². The molecule has 0 aromatic heterocycles. The zero-order valence-electron chi connectivity index (χ0n) is 12.9. The van der Waals surface area contributed by atoms with Crippen LogP contribution in [0, 0.1) is 0 Å². The lowest BCUT2D eigenvalue weighted by Gasteiger charge is -2.41. The molecular formula is C16H20ClNO3. The third-order valence-corrected chi connectivity index (χ3v) is 3.68. The summed E-state index contributed by atoms with van der Waals surface area (Å²) >= 11 is 5.86. The van der Waals surface area contributed by atoms with Gasteiger partial charge >= 0.3 is 0 Å². The van der Waals surface area contributed by atoms with Gasteiger partial charge in [0.05, 0.1) is 11.1 Å². The standard InChI is InChI=1S/C16H20ClNO3/c1-9(2)18-12-8-11(14(19)10(3)17)6-7-13(12)21-16(4,5)15(18)20/h6-10H,1-5H3. The average Bonchev–Trinajstić information content (AvgIpc) is 2.38. The smallest absolute Gasteiger partial charge is 0.270 e. The lowest BCUT2D eigenvalue weighted by molar-refractivity contribution is -0.133. The summed E-state index contributed by atoms with van der Waals surface area (Å²) in [6.07, 6.45) is 0. The van der Waals surface area contributed by atoms with Crippen LogP contribution in [-0.4, -0.2) is 28.7 Å². The molecule has 0 fully saturated rings. The van der Waals surface area contributed by atoms with E-state index in [1.54, 1.807) is 43.9 Å². The van der Waals surface area contributed by atoms with Crippen molar-refractivity contribution in [2.24, 2.45) is 0 Å². The first kappa shape index (κ1) is 15.8. The van der Waals surface area contributed by atoms with Crippen molar-refractivity contribution in [1.82, 2.24) is 0 Å². The molecule has 0 saturated carbocycles. The fourth-order valence-electron chi connectivity index (χ4n) is 2.41. The number of nitrogens with zero attached hydrogens (tertiary/aromatic N) is 1. The maximum atomic E-state index is 12.6. The van der Waals surface area contributed by atoms with E-state index in [0.717, 1.165) is 0 Å². The van der Waals surface area contributed by atoms with Crippen molar-refractivity contribution >= 4 is 29.0 Å². The number of ketones is 1. The Balaban J connectivity index is 2.56. The van der Waals surface area contributed by atoms with Crippen molar-refractivity contribution < 1.29 is 14.3 Å². The van der Waals surface area contributed by atoms with Gasteiger partial charge in [-0.3, -0.25) is 9.59 Å². The molecule has 114 valence electrons. The Morgan fingerprint density at radius 1 is 1.29 bits per heavy atom. The van der Waals surface area contributed by atoms with Crippen LogP contribution in [-0.2, 0) is 4.79 Å². The van der Waals surface area contributed by atoms with Crippen molar-refractivity contribution in [3.05, 3.63) is 23.8 Å². The van der Waals surface area contributed by atoms with Crippen LogP contribution in [0.1, 0.15) is 45.0 Å². The molecular weight excluding hydrogens is 290 g/mol. The Labute approximate surface area is 130 Å². The second kappa shape index (κ2) is 5.34. The maximum Gasteiger partial charge on any atom is 0.270 e. The highest BCUT2D eigenvalue weighted by Gasteiger charge is 2.42. The summed E-state index contributed by atoms with van der Waals surface area (Å²) in [4.78, 5) is 26.3. The predicted molar refractivity (Wildman–Crippen MR) is 83.4 cm³/mol. The summed E-state index contributed by atoms with van der Waals surface area (Å²) in [5.74, 6) is 0.320. The SMILES string of the molecule is CC(Cl)C(=O)c1ccc2c(c1)N(C(C)C)C(=O)C(C)(C)O2. The lowest BCUT2D eigenvalue weighted by atomic mass is 10.00. The monoisotopic (exact) mass is 309 g/mol. The number of amides is 1. The van der Waals surface area contributed by atoms with Crippen LogP contribution in [0.2, 0.25) is 0 Å². The van der Waals surface area contributed by atoms with Crippen LogP contribution in [0.3, 0.4) is 0 Å². The number of hydrogen-bond acceptors (Lipinski definition) is 3. The number of ether oxygens (including phenoxy) is 1. The zero-order valence-corrected chi connectivity index (χ0v) is 13.7. The fourth-order valence-corrected chi connectivity index (χ4v) is 2.53. The van der Waals surface area contributed by atoms with Crippen LogP contribution in [0.5, 0.6) is 5.75 Å². The summed E-state index contributed by atoms with van der Waals surface area (Å²) < 4.78 is 5.77. The number of benzene rings is 1. The molecule has 0 radical (unpaired) electrons. The van der Waals surface area contributed by atoms with Gasteiger partial charge in [0.1, 0.15) is 5.75 Å². The van der Waals surface area contributed by atoms with Gasteiger partial charge in [0.25, 0.3) is 5.91 Å². The summed E-state index contributed by atoms with van der Waals surface area (Å²) in [6, 6.07) is 5.07. The number of Topliss-reactive ketones (excluding diaryl/α,β-unsaturated/α-hetero) is 1. The molecule has 1 aromatic rings. The Kier molecular flexibility index (Phi) is 4.02. The van der Waals surface area contributed by atoms with Gasteiger partial charge in [0.2, 0.25) is 0 Å². The first-order chi connectivity index (χ1) is 9.65. The van der Waals surface area contributed by atoms with Gasteiger partial charge < -0.3 is 9.64 Å². The number of carbonyl (C=O) groups is 2. The second-order valence-electron chi connectivity index (χ2n) is 6.04. The number of rotatable bonds is 3. The van der Waals surface area contributed by atoms with E-state index in [4.69, 9.17) is 16.3 Å². The molecule has 1 heterocycles. The Bertz CT molecular complexity index is 593. The molecule has 1 unspecified atom stereocenters. The van der Waals surface area contributed by atoms with Gasteiger partial charge in [-0.1, -0.05) is 0 Å². The minimum absolute atomic E-state index is 0.0294. The predicted octanol–water partition coefficient (Wildman–Crippen LogP) is 3.41. The fraction of sp³-hybridized carbons (Fsp3) is 0.500. The van der Waals surface area contributed by atoms with Gasteiger partial charge in [-0.25, -0.2) is 0 Å². The van der Waals surface area contributed by atoms with E-state index in [-0.39, 0.29) is 17.7 Å². The first-order valence-corrected chi connectivity index (χ1v) is 7.44. The Hall–Kier alpha value is -1.55. The van der Waals surface area contributed by atoms with Crippen molar-refractivity contribution in [1.29, 1.82) is 0 Å². The van der Waals surface area contributed by atoms with Crippen LogP contribution >= 0.6 is 11.6 Å². The molecule has 4 nitrogen and oxygen atoms in total. The first-order valence-electron chi connectivity index (χ1n) is 7.00. The summed E-state index contributed by atoms with van der Waals surface area (Å²) in [6.45, 7) is 8.99. The summed E-state index contributed by atoms with van der Waals surface area (Å²) in [5, 5.41) is -0.604. The third-order valence-electron chi connectivity index (χ3n) is 3.48. The molecule has 5 heteroatoms. The van der Waals surface area contributed by atoms with Gasteiger partial charge in [0.15, 0.2) is 11.4 Å². The molecule has 1 atom stereocenters. The summed E-state index contributed by atoms with van der Waals surface area (Å²) in [7, 11) is 0. The highest BCUT2D eigenvalue weighted by Crippen LogP contribution is 2.39. The van der Waals surface area contributed by atoms with Crippen molar-refractivity contribution in [3.8, 4) is 5.75 Å². The van der Waals surface area contributed by atoms with E-state index in [9.17, 15) is 9.59 Å². The minimum atomic E-state index is -0.914. The van der Waals surface area contributed by atoms with E-state index in [2.05, 4.69) is 0 Å². The zero-order chi connectivity index (χ0) is 15.9. The second-order valence-corrected chi connectivity index (χ2v) is 6.70. The van der Waals surface area contributed by atoms with Crippen LogP contribution in [0.4, 0.5) is 5.69 Å². The van der Waals surface area contributed by atoms with Crippen LogP contribution in [0.25, 0.3) is 0 Å². The van der Waals surface area contributed by atoms with Crippen molar-refractivity contribution in [3.63, 3.8) is 0 Å². The van der Waals surface area contributed by atoms with E-state index in [1.807, 2.05) is 13.8 Å². The van der Waals surface area contributed by atoms with Gasteiger partial charge in [-0.15, -0.1) is 11.6 Å². The third kappa shape index (κ3) is 2.77. The van der Waals surface area contributed by atoms with Crippen LogP contribution < -0.4 is 9.64 Å². The molecule has 2 rings (SSSR count). The minimum Gasteiger partial charge on any atom is -0.476 e. The molecule has 0 bridgehead atoms. The van der Waals surface area contributed by atoms with Crippen molar-refractivity contribution in [2.75, 3.05) is 4.90 Å². The maximum absolute atomic E-state index is 12.6. The highest BCUT2D eigenvalue weighted by atomic mass is 35.5. The van der Waals surface area contributed by atoms with E-state index < -0.39 is 11.0 Å². The topological polar surface area (TPSA) is 46.6 Å². The van der Waals surface area contributed by atoms with E-state index >= 15 is 0 Å². The quantitative estimate of drug-likeness (QED) is 0.635. The Morgan fingerprint density at radius 2 is 1.90 bits per heavy atom. The molecule has 0 spiro atoms. The van der Waals surface area contributed by atoms with E-state index in [0.29, 0.717) is 17.0 Å². The molecule has 1 aliphatic rings. The van der Waals surface area contributed by atoms with Gasteiger partial charge in [-0.2, -0.15) is 0 Å². The largest absolute Gasteiger partial charge is 0.476 e. The number of anilines is 1. The molecule has 0 aliphatic carbocycles. The molecule has 1 amide bonds. The summed E-state index contributed by atoms with van der Waals surface area (Å²) in [5.41, 5.74) is 0.193. The molecule has 0 N–H and O–H groups in total. The van der Waals surface area contributed by atoms with Gasteiger partial charge in [0, 0.05) is 11.6 Å².